The summed E-state index contributed by atoms with van der Waals surface area (Å²) in [5.74, 6) is -3.59. The molecule has 0 spiro atoms. The average molecular weight is 1590 g/mol. The number of nitrogens with one attached hydrogen (secondary N) is 6. The highest BCUT2D eigenvalue weighted by molar-refractivity contribution is 7.90. The second-order valence-electron chi connectivity index (χ2n) is 34.3. The van der Waals surface area contributed by atoms with Crippen molar-refractivity contribution in [2.75, 3.05) is 53.1 Å². The number of sulfonamides is 3. The van der Waals surface area contributed by atoms with Crippen LogP contribution in [0, 0.1) is 29.1 Å². The van der Waals surface area contributed by atoms with E-state index in [9.17, 15) is 63.5 Å². The third-order valence-corrected chi connectivity index (χ3v) is 24.3. The predicted molar refractivity (Wildman–Crippen MR) is 417 cm³/mol. The van der Waals surface area contributed by atoms with E-state index in [4.69, 9.17) is 19.4 Å². The Labute approximate surface area is 650 Å². The number of amides is 3. The van der Waals surface area contributed by atoms with Crippen LogP contribution in [0.5, 0.6) is 0 Å². The highest BCUT2D eigenvalue weighted by Crippen LogP contribution is 2.45. The quantitative estimate of drug-likeness (QED) is 0.0468. The van der Waals surface area contributed by atoms with Gasteiger partial charge in [0.25, 0.3) is 47.8 Å². The zero-order valence-corrected chi connectivity index (χ0v) is 68.6. The molecule has 0 radical (unpaired) electrons. The van der Waals surface area contributed by atoms with E-state index in [2.05, 4.69) is 96.7 Å². The standard InChI is InChI=1S/C27H37FN4O5S.C26H35N5O5S.C25H33N5O5S/c1-26(2,3)20-13-11-18(23(28)30-20)24(33)32-38(35,36)22-9-7-8-21(31-22)29-19(25(34)37-6)12-10-17-14-15-27(4,5)16-17;1-25(2,3)19-13-11-17-22(28-19)31-15-16(14-26(31,4)5)10-12-18(24(33)36-6)27-20-8-7-9-21(29-20)37(34,35)30-23(17)32;1-24(2,3)18-12-10-16-21(27-18)30-14-15(13-25(30,4)5)9-11-17(23(32)33)26-19-7-6-8-20(28-19)36(34,35)29-22(16)31/h7-9,11,13,17,19H,10,12,14-16H2,1-6H3,(H,29,31)(H,32,33);7-9,11,13,16,18H,10,12,14-15H2,1-6H3,(H,27,29)(H,30,32);6-8,10,12,15,17H,9,11,13-14H2,1-5H3,(H,26,28)(H,29,31)(H,32,33)/t17-,19?;16-,18?;15-,17?/m100/s1. The Kier molecular flexibility index (Phi) is 25.5. The van der Waals surface area contributed by atoms with E-state index in [1.54, 1.807) is 30.3 Å². The van der Waals surface area contributed by atoms with Gasteiger partial charge < -0.3 is 40.3 Å². The number of halogens is 1. The van der Waals surface area contributed by atoms with Gasteiger partial charge in [-0.2, -0.15) is 29.6 Å². The molecule has 0 aromatic carbocycles. The normalized spacial score (nSPS) is 21.5. The lowest BCUT2D eigenvalue weighted by Crippen LogP contribution is -2.41. The van der Waals surface area contributed by atoms with Crippen molar-refractivity contribution in [3.8, 4) is 0 Å². The number of nitrogens with zero attached hydrogens (tertiary/aromatic N) is 8. The maximum Gasteiger partial charge on any atom is 0.328 e. The third kappa shape index (κ3) is 21.2. The van der Waals surface area contributed by atoms with E-state index in [0.29, 0.717) is 73.9 Å². The summed E-state index contributed by atoms with van der Waals surface area (Å²) < 4.78 is 109. The summed E-state index contributed by atoms with van der Waals surface area (Å²) in [4.78, 5) is 106. The highest BCUT2D eigenvalue weighted by Gasteiger charge is 2.45. The second kappa shape index (κ2) is 33.1. The van der Waals surface area contributed by atoms with Gasteiger partial charge in [0.1, 0.15) is 47.2 Å². The molecule has 2 saturated heterocycles. The van der Waals surface area contributed by atoms with Crippen LogP contribution >= 0.6 is 0 Å². The van der Waals surface area contributed by atoms with Crippen molar-refractivity contribution >= 4 is 94.8 Å². The fourth-order valence-corrected chi connectivity index (χ4v) is 17.5. The number of methoxy groups -OCH3 is 2. The number of hydrogen-bond acceptors (Lipinski definition) is 25. The first kappa shape index (κ1) is 85.5. The summed E-state index contributed by atoms with van der Waals surface area (Å²) in [5.41, 5.74) is 0.386. The first-order valence-electron chi connectivity index (χ1n) is 37.1. The second-order valence-corrected chi connectivity index (χ2v) is 39.2. The van der Waals surface area contributed by atoms with E-state index in [1.165, 1.54) is 74.9 Å². The van der Waals surface area contributed by atoms with E-state index >= 15 is 0 Å². The fourth-order valence-electron chi connectivity index (χ4n) is 14.7. The number of carboxylic acid groups (broad SMARTS) is 1. The minimum Gasteiger partial charge on any atom is -0.480 e. The van der Waals surface area contributed by atoms with Crippen molar-refractivity contribution in [1.29, 1.82) is 0 Å². The largest absolute Gasteiger partial charge is 0.480 e. The van der Waals surface area contributed by atoms with Crippen LogP contribution in [0.1, 0.15) is 223 Å². The molecule has 4 aliphatic heterocycles. The SMILES string of the molecule is CC(C)(C)c1ccc2c(n1)N1C[C@@H](CCC(C(=O)O)Nc3cccc(n3)S(=O)(=O)NC2=O)CC1(C)C.COC(=O)C(CC[C@@H]1CCC(C)(C)C1)Nc1cccc(S(=O)(=O)NC(=O)c2ccc(C(C)(C)C)nc2F)n1.COC(=O)C1CC[C@@H]2CN(c3nc(C(C)(C)C)ccc3C(=O)NS(=O)(=O)c3cccc(n3)N1)C(C)(C)C2. The van der Waals surface area contributed by atoms with Crippen LogP contribution < -0.4 is 39.9 Å². The molecule has 1 saturated carbocycles. The van der Waals surface area contributed by atoms with Gasteiger partial charge in [0.05, 0.1) is 30.9 Å². The number of carboxylic acids is 1. The monoisotopic (exact) mass is 1590 g/mol. The molecule has 8 bridgehead atoms. The number of fused-ring (bicyclic) bond motifs is 12. The van der Waals surface area contributed by atoms with E-state index in [-0.39, 0.29) is 72.4 Å². The number of esters is 2. The van der Waals surface area contributed by atoms with Gasteiger partial charge in [-0.05, 0) is 194 Å². The maximum atomic E-state index is 14.5. The van der Waals surface area contributed by atoms with Gasteiger partial charge in [0, 0.05) is 57.5 Å². The number of rotatable bonds is 11. The van der Waals surface area contributed by atoms with Gasteiger partial charge in [-0.15, -0.1) is 0 Å². The Morgan fingerprint density at radius 2 is 1.07 bits per heavy atom. The Morgan fingerprint density at radius 1 is 0.604 bits per heavy atom. The molecular weight excluding hydrogens is 1490 g/mol. The zero-order valence-electron chi connectivity index (χ0n) is 66.2. The molecule has 29 nitrogen and oxygen atoms in total. The van der Waals surface area contributed by atoms with Crippen molar-refractivity contribution in [2.45, 2.75) is 235 Å². The topological polar surface area (TPSA) is 400 Å². The number of carbonyl (C=O) groups is 6. The summed E-state index contributed by atoms with van der Waals surface area (Å²) in [6, 6.07) is 19.8. The number of ether oxygens (including phenoxy) is 2. The molecule has 10 heterocycles. The molecule has 111 heavy (non-hydrogen) atoms. The van der Waals surface area contributed by atoms with Crippen LogP contribution in [0.15, 0.2) is 106 Å². The molecule has 11 rings (SSSR count). The van der Waals surface area contributed by atoms with Gasteiger partial charge in [-0.25, -0.2) is 58.5 Å². The number of pyridine rings is 6. The number of aromatic nitrogens is 6. The van der Waals surface area contributed by atoms with Crippen molar-refractivity contribution in [1.82, 2.24) is 44.1 Å². The molecule has 33 heteroatoms. The first-order chi connectivity index (χ1) is 51.5. The lowest BCUT2D eigenvalue weighted by atomic mass is 9.89. The van der Waals surface area contributed by atoms with Crippen LogP contribution in [-0.2, 0) is 70.2 Å². The van der Waals surface area contributed by atoms with E-state index < -0.39 is 106 Å². The molecule has 7 N–H and O–H groups in total. The lowest BCUT2D eigenvalue weighted by Gasteiger charge is -2.34. The summed E-state index contributed by atoms with van der Waals surface area (Å²) in [7, 11) is -10.5. The van der Waals surface area contributed by atoms with E-state index in [1.807, 2.05) is 67.0 Å². The molecule has 3 unspecified atom stereocenters. The molecule has 6 atom stereocenters. The predicted octanol–water partition coefficient (Wildman–Crippen LogP) is 11.0. The molecule has 6 aromatic heterocycles. The van der Waals surface area contributed by atoms with Crippen LogP contribution in [-0.4, -0.2) is 152 Å². The number of carbonyl (C=O) groups excluding carboxylic acids is 5. The van der Waals surface area contributed by atoms with Gasteiger partial charge >= 0.3 is 17.9 Å². The third-order valence-electron chi connectivity index (χ3n) is 20.6. The van der Waals surface area contributed by atoms with Crippen molar-refractivity contribution in [2.24, 2.45) is 23.2 Å². The summed E-state index contributed by atoms with van der Waals surface area (Å²) in [5, 5.41) is 17.4. The summed E-state index contributed by atoms with van der Waals surface area (Å²) >= 11 is 0. The molecule has 5 aliphatic rings. The van der Waals surface area contributed by atoms with Crippen molar-refractivity contribution in [3.63, 3.8) is 0 Å². The van der Waals surface area contributed by atoms with Gasteiger partial charge in [0.15, 0.2) is 15.1 Å². The maximum absolute atomic E-state index is 14.5. The lowest BCUT2D eigenvalue weighted by molar-refractivity contribution is -0.142. The van der Waals surface area contributed by atoms with Crippen LogP contribution in [0.25, 0.3) is 0 Å². The first-order valence-corrected chi connectivity index (χ1v) is 41.5. The average Bonchev–Trinajstić information content (AvgIpc) is 1.69. The summed E-state index contributed by atoms with van der Waals surface area (Å²) in [6.07, 6.45) is 8.38. The Balaban J connectivity index is 0.000000191. The minimum absolute atomic E-state index is 0.109. The van der Waals surface area contributed by atoms with Crippen molar-refractivity contribution < 1.29 is 73.0 Å². The minimum atomic E-state index is -4.45. The van der Waals surface area contributed by atoms with Crippen LogP contribution in [0.2, 0.25) is 0 Å². The number of aliphatic carboxylic acids is 1. The molecule has 1 aliphatic carbocycles. The number of hydrogen-bond donors (Lipinski definition) is 7. The molecular formula is C78H105FN14O15S3. The van der Waals surface area contributed by atoms with Gasteiger partial charge in [0.2, 0.25) is 5.95 Å². The molecule has 6 aromatic rings. The number of anilines is 5. The smallest absolute Gasteiger partial charge is 0.328 e. The van der Waals surface area contributed by atoms with Crippen molar-refractivity contribution in [3.05, 3.63) is 131 Å². The fraction of sp³-hybridized carbons (Fsp3) is 0.538. The van der Waals surface area contributed by atoms with Crippen LogP contribution in [0.3, 0.4) is 0 Å². The zero-order chi connectivity index (χ0) is 81.9. The molecule has 3 amide bonds. The molecule has 602 valence electrons. The molecule has 3 fully saturated rings. The Bertz CT molecular complexity index is 4870. The van der Waals surface area contributed by atoms with Gasteiger partial charge in [-0.3, -0.25) is 14.4 Å². The highest BCUT2D eigenvalue weighted by atomic mass is 32.2. The van der Waals surface area contributed by atoms with Crippen LogP contribution in [0.4, 0.5) is 33.5 Å². The summed E-state index contributed by atoms with van der Waals surface area (Å²) in [6.45, 7) is 31.6. The van der Waals surface area contributed by atoms with Gasteiger partial charge in [-0.1, -0.05) is 94.4 Å². The van der Waals surface area contributed by atoms with E-state index in [0.717, 1.165) is 49.9 Å². The Morgan fingerprint density at radius 3 is 1.52 bits per heavy atom. The Hall–Kier alpha value is -9.50.